The SMILES string of the molecule is CC(C)(C)NC(=O)N1CC(C(=O)NCc2ccc(F)cc2)C(c2ccccc2)C1. The normalized spacial score (nSPS) is 19.1. The van der Waals surface area contributed by atoms with Crippen molar-refractivity contribution in [3.05, 3.63) is 71.5 Å². The van der Waals surface area contributed by atoms with Crippen LogP contribution < -0.4 is 10.6 Å². The number of rotatable bonds is 4. The molecule has 0 bridgehead atoms. The fourth-order valence-electron chi connectivity index (χ4n) is 3.60. The van der Waals surface area contributed by atoms with Crippen molar-refractivity contribution in [3.63, 3.8) is 0 Å². The fourth-order valence-corrected chi connectivity index (χ4v) is 3.60. The van der Waals surface area contributed by atoms with E-state index in [1.807, 2.05) is 51.1 Å². The summed E-state index contributed by atoms with van der Waals surface area (Å²) in [6.45, 7) is 6.97. The minimum absolute atomic E-state index is 0.0739. The summed E-state index contributed by atoms with van der Waals surface area (Å²) in [5, 5.41) is 5.92. The van der Waals surface area contributed by atoms with Crippen molar-refractivity contribution in [2.45, 2.75) is 38.8 Å². The maximum absolute atomic E-state index is 13.1. The van der Waals surface area contributed by atoms with Gasteiger partial charge in [-0.05, 0) is 44.0 Å². The second kappa shape index (κ2) is 8.64. The number of benzene rings is 2. The standard InChI is InChI=1S/C23H28FN3O2/c1-23(2,3)26-22(29)27-14-19(17-7-5-4-6-8-17)20(15-27)21(28)25-13-16-9-11-18(24)12-10-16/h4-12,19-20H,13-15H2,1-3H3,(H,25,28)(H,26,29). The highest BCUT2D eigenvalue weighted by molar-refractivity contribution is 5.83. The average Bonchev–Trinajstić information content (AvgIpc) is 3.12. The molecule has 0 saturated carbocycles. The van der Waals surface area contributed by atoms with E-state index in [2.05, 4.69) is 10.6 Å². The minimum atomic E-state index is -0.345. The van der Waals surface area contributed by atoms with Crippen LogP contribution in [0, 0.1) is 11.7 Å². The predicted molar refractivity (Wildman–Crippen MR) is 111 cm³/mol. The predicted octanol–water partition coefficient (Wildman–Crippen LogP) is 3.67. The van der Waals surface area contributed by atoms with Gasteiger partial charge in [-0.3, -0.25) is 4.79 Å². The van der Waals surface area contributed by atoms with E-state index < -0.39 is 0 Å². The van der Waals surface area contributed by atoms with Crippen molar-refractivity contribution >= 4 is 11.9 Å². The van der Waals surface area contributed by atoms with Crippen molar-refractivity contribution in [1.29, 1.82) is 0 Å². The fraction of sp³-hybridized carbons (Fsp3) is 0.391. The Labute approximate surface area is 171 Å². The molecule has 2 unspecified atom stereocenters. The van der Waals surface area contributed by atoms with Crippen LogP contribution in [0.15, 0.2) is 54.6 Å². The summed E-state index contributed by atoms with van der Waals surface area (Å²) in [6, 6.07) is 15.7. The Hall–Kier alpha value is -2.89. The van der Waals surface area contributed by atoms with E-state index in [0.717, 1.165) is 11.1 Å². The molecule has 1 aliphatic heterocycles. The van der Waals surface area contributed by atoms with Crippen LogP contribution in [0.5, 0.6) is 0 Å². The van der Waals surface area contributed by atoms with Gasteiger partial charge < -0.3 is 15.5 Å². The van der Waals surface area contributed by atoms with E-state index in [1.54, 1.807) is 17.0 Å². The average molecular weight is 397 g/mol. The van der Waals surface area contributed by atoms with Crippen LogP contribution in [-0.2, 0) is 11.3 Å². The van der Waals surface area contributed by atoms with Gasteiger partial charge >= 0.3 is 6.03 Å². The number of halogens is 1. The number of hydrogen-bond acceptors (Lipinski definition) is 2. The summed E-state index contributed by atoms with van der Waals surface area (Å²) < 4.78 is 13.1. The first-order valence-electron chi connectivity index (χ1n) is 9.87. The maximum atomic E-state index is 13.1. The van der Waals surface area contributed by atoms with Crippen molar-refractivity contribution in [2.75, 3.05) is 13.1 Å². The van der Waals surface area contributed by atoms with Gasteiger partial charge in [0.05, 0.1) is 5.92 Å². The summed E-state index contributed by atoms with van der Waals surface area (Å²) in [6.07, 6.45) is 0. The molecule has 0 radical (unpaired) electrons. The number of amides is 3. The van der Waals surface area contributed by atoms with Crippen molar-refractivity contribution in [2.24, 2.45) is 5.92 Å². The number of likely N-dealkylation sites (tertiary alicyclic amines) is 1. The van der Waals surface area contributed by atoms with Gasteiger partial charge in [0.1, 0.15) is 5.82 Å². The van der Waals surface area contributed by atoms with Gasteiger partial charge in [0.25, 0.3) is 0 Å². The molecular formula is C23H28FN3O2. The van der Waals surface area contributed by atoms with E-state index in [9.17, 15) is 14.0 Å². The van der Waals surface area contributed by atoms with Crippen molar-refractivity contribution in [3.8, 4) is 0 Å². The number of carbonyl (C=O) groups excluding carboxylic acids is 2. The van der Waals surface area contributed by atoms with Gasteiger partial charge in [0, 0.05) is 31.1 Å². The molecule has 2 N–H and O–H groups in total. The van der Waals surface area contributed by atoms with Crippen LogP contribution >= 0.6 is 0 Å². The lowest BCUT2D eigenvalue weighted by Crippen LogP contribution is -2.48. The zero-order valence-corrected chi connectivity index (χ0v) is 17.1. The first-order chi connectivity index (χ1) is 13.7. The number of nitrogens with zero attached hydrogens (tertiary/aromatic N) is 1. The molecule has 1 aliphatic rings. The summed E-state index contributed by atoms with van der Waals surface area (Å²) in [5.74, 6) is -0.826. The Morgan fingerprint density at radius 2 is 1.69 bits per heavy atom. The number of carbonyl (C=O) groups is 2. The van der Waals surface area contributed by atoms with Gasteiger partial charge in [0.2, 0.25) is 5.91 Å². The van der Waals surface area contributed by atoms with Crippen LogP contribution in [-0.4, -0.2) is 35.5 Å². The van der Waals surface area contributed by atoms with E-state index in [4.69, 9.17) is 0 Å². The van der Waals surface area contributed by atoms with Crippen molar-refractivity contribution in [1.82, 2.24) is 15.5 Å². The third-order valence-electron chi connectivity index (χ3n) is 5.03. The smallest absolute Gasteiger partial charge is 0.317 e. The van der Waals surface area contributed by atoms with Gasteiger partial charge in [-0.1, -0.05) is 42.5 Å². The Morgan fingerprint density at radius 1 is 1.03 bits per heavy atom. The molecule has 2 aromatic carbocycles. The first kappa shape index (κ1) is 20.8. The first-order valence-corrected chi connectivity index (χ1v) is 9.87. The maximum Gasteiger partial charge on any atom is 0.317 e. The van der Waals surface area contributed by atoms with Gasteiger partial charge in [-0.2, -0.15) is 0 Å². The highest BCUT2D eigenvalue weighted by Gasteiger charge is 2.40. The van der Waals surface area contributed by atoms with E-state index in [0.29, 0.717) is 19.6 Å². The number of hydrogen-bond donors (Lipinski definition) is 2. The molecule has 2 aromatic rings. The second-order valence-corrected chi connectivity index (χ2v) is 8.55. The minimum Gasteiger partial charge on any atom is -0.352 e. The molecule has 5 nitrogen and oxygen atoms in total. The van der Waals surface area contributed by atoms with Crippen LogP contribution in [0.3, 0.4) is 0 Å². The molecule has 1 heterocycles. The van der Waals surface area contributed by atoms with E-state index in [-0.39, 0.29) is 35.1 Å². The van der Waals surface area contributed by atoms with Gasteiger partial charge in [0.15, 0.2) is 0 Å². The van der Waals surface area contributed by atoms with Crippen LogP contribution in [0.4, 0.5) is 9.18 Å². The topological polar surface area (TPSA) is 61.4 Å². The summed E-state index contributed by atoms with van der Waals surface area (Å²) >= 11 is 0. The molecular weight excluding hydrogens is 369 g/mol. The molecule has 2 atom stereocenters. The molecule has 6 heteroatoms. The monoisotopic (exact) mass is 397 g/mol. The molecule has 1 saturated heterocycles. The summed E-state index contributed by atoms with van der Waals surface area (Å²) in [4.78, 5) is 27.4. The molecule has 29 heavy (non-hydrogen) atoms. The zero-order valence-electron chi connectivity index (χ0n) is 17.1. The largest absolute Gasteiger partial charge is 0.352 e. The lowest BCUT2D eigenvalue weighted by atomic mass is 9.88. The van der Waals surface area contributed by atoms with Crippen molar-refractivity contribution < 1.29 is 14.0 Å². The summed E-state index contributed by atoms with van der Waals surface area (Å²) in [5.41, 5.74) is 1.53. The molecule has 0 aromatic heterocycles. The molecule has 1 fully saturated rings. The van der Waals surface area contributed by atoms with Crippen LogP contribution in [0.25, 0.3) is 0 Å². The Bertz CT molecular complexity index is 847. The lowest BCUT2D eigenvalue weighted by Gasteiger charge is -2.25. The molecule has 3 rings (SSSR count). The Morgan fingerprint density at radius 3 is 2.31 bits per heavy atom. The van der Waals surface area contributed by atoms with E-state index >= 15 is 0 Å². The van der Waals surface area contributed by atoms with E-state index in [1.165, 1.54) is 12.1 Å². The Balaban J connectivity index is 1.73. The molecule has 154 valence electrons. The molecule has 0 spiro atoms. The molecule has 0 aliphatic carbocycles. The van der Waals surface area contributed by atoms with Gasteiger partial charge in [-0.15, -0.1) is 0 Å². The third-order valence-corrected chi connectivity index (χ3v) is 5.03. The number of nitrogens with one attached hydrogen (secondary N) is 2. The van der Waals surface area contributed by atoms with Gasteiger partial charge in [-0.25, -0.2) is 9.18 Å². The second-order valence-electron chi connectivity index (χ2n) is 8.55. The highest BCUT2D eigenvalue weighted by atomic mass is 19.1. The zero-order chi connectivity index (χ0) is 21.0. The highest BCUT2D eigenvalue weighted by Crippen LogP contribution is 2.33. The number of urea groups is 1. The quantitative estimate of drug-likeness (QED) is 0.827. The third kappa shape index (κ3) is 5.56. The molecule has 3 amide bonds. The summed E-state index contributed by atoms with van der Waals surface area (Å²) in [7, 11) is 0. The van der Waals surface area contributed by atoms with Crippen LogP contribution in [0.1, 0.15) is 37.8 Å². The van der Waals surface area contributed by atoms with Crippen LogP contribution in [0.2, 0.25) is 0 Å². The lowest BCUT2D eigenvalue weighted by molar-refractivity contribution is -0.125. The Kier molecular flexibility index (Phi) is 6.20.